The standard InChI is InChI=1S/C26H30N2O4S/c1-5-30-21-14-19(15-22(31-6-2)24(21)32-7-3)26(29)28-13-12-20-23(16-28)33-25(27-20)18-10-8-17(4)9-11-18/h8-11,14-15H,5-7,12-13,16H2,1-4H3. The van der Waals surface area contributed by atoms with Gasteiger partial charge in [-0.05, 0) is 39.8 Å². The number of thiazole rings is 1. The van der Waals surface area contributed by atoms with Crippen molar-refractivity contribution in [2.24, 2.45) is 0 Å². The average Bonchev–Trinajstić information content (AvgIpc) is 3.24. The first-order chi connectivity index (χ1) is 16.0. The maximum absolute atomic E-state index is 13.5. The highest BCUT2D eigenvalue weighted by Crippen LogP contribution is 2.40. The van der Waals surface area contributed by atoms with Gasteiger partial charge in [-0.15, -0.1) is 11.3 Å². The highest BCUT2D eigenvalue weighted by atomic mass is 32.1. The average molecular weight is 467 g/mol. The molecule has 0 radical (unpaired) electrons. The van der Waals surface area contributed by atoms with E-state index in [-0.39, 0.29) is 5.91 Å². The molecule has 0 fully saturated rings. The topological polar surface area (TPSA) is 60.9 Å². The summed E-state index contributed by atoms with van der Waals surface area (Å²) in [5.41, 5.74) is 3.98. The third kappa shape index (κ3) is 4.98. The zero-order valence-corrected chi connectivity index (χ0v) is 20.5. The van der Waals surface area contributed by atoms with Crippen LogP contribution < -0.4 is 14.2 Å². The quantitative estimate of drug-likeness (QED) is 0.438. The maximum atomic E-state index is 13.5. The zero-order valence-electron chi connectivity index (χ0n) is 19.6. The summed E-state index contributed by atoms with van der Waals surface area (Å²) < 4.78 is 17.3. The van der Waals surface area contributed by atoms with Gasteiger partial charge in [-0.1, -0.05) is 29.8 Å². The summed E-state index contributed by atoms with van der Waals surface area (Å²) >= 11 is 1.67. The van der Waals surface area contributed by atoms with E-state index in [1.165, 1.54) is 5.56 Å². The van der Waals surface area contributed by atoms with Crippen molar-refractivity contribution < 1.29 is 19.0 Å². The second-order valence-electron chi connectivity index (χ2n) is 7.83. The molecule has 0 spiro atoms. The number of carbonyl (C=O) groups excluding carboxylic acids is 1. The van der Waals surface area contributed by atoms with Gasteiger partial charge >= 0.3 is 0 Å². The Bertz CT molecular complexity index is 1100. The number of aryl methyl sites for hydroxylation is 1. The molecule has 1 aliphatic heterocycles. The van der Waals surface area contributed by atoms with Gasteiger partial charge in [0.2, 0.25) is 5.75 Å². The van der Waals surface area contributed by atoms with E-state index in [4.69, 9.17) is 19.2 Å². The molecule has 1 aliphatic rings. The number of aromatic nitrogens is 1. The molecule has 0 N–H and O–H groups in total. The lowest BCUT2D eigenvalue weighted by Gasteiger charge is -2.27. The molecule has 0 saturated heterocycles. The Kier molecular flexibility index (Phi) is 7.18. The molecule has 2 heterocycles. The van der Waals surface area contributed by atoms with Crippen LogP contribution in [0.3, 0.4) is 0 Å². The van der Waals surface area contributed by atoms with Gasteiger partial charge in [0.05, 0.1) is 32.1 Å². The molecule has 2 aromatic carbocycles. The van der Waals surface area contributed by atoms with Crippen LogP contribution >= 0.6 is 11.3 Å². The van der Waals surface area contributed by atoms with Crippen molar-refractivity contribution in [1.82, 2.24) is 9.88 Å². The van der Waals surface area contributed by atoms with Crippen molar-refractivity contribution in [1.29, 1.82) is 0 Å². The Morgan fingerprint density at radius 2 is 1.64 bits per heavy atom. The Morgan fingerprint density at radius 1 is 1.00 bits per heavy atom. The van der Waals surface area contributed by atoms with Crippen LogP contribution in [-0.4, -0.2) is 42.2 Å². The molecule has 174 valence electrons. The van der Waals surface area contributed by atoms with Gasteiger partial charge in [0, 0.05) is 29.0 Å². The van der Waals surface area contributed by atoms with Crippen LogP contribution in [0.5, 0.6) is 17.2 Å². The van der Waals surface area contributed by atoms with Gasteiger partial charge in [-0.3, -0.25) is 4.79 Å². The van der Waals surface area contributed by atoms with Crippen molar-refractivity contribution in [2.75, 3.05) is 26.4 Å². The summed E-state index contributed by atoms with van der Waals surface area (Å²) in [5, 5.41) is 1.01. The lowest BCUT2D eigenvalue weighted by Crippen LogP contribution is -2.35. The van der Waals surface area contributed by atoms with Gasteiger partial charge in [0.25, 0.3) is 5.91 Å². The van der Waals surface area contributed by atoms with Crippen LogP contribution in [0.1, 0.15) is 47.3 Å². The minimum absolute atomic E-state index is 0.0455. The molecular weight excluding hydrogens is 436 g/mol. The summed E-state index contributed by atoms with van der Waals surface area (Å²) in [7, 11) is 0. The van der Waals surface area contributed by atoms with E-state index in [0.717, 1.165) is 27.6 Å². The van der Waals surface area contributed by atoms with Crippen LogP contribution in [0.2, 0.25) is 0 Å². The molecule has 6 nitrogen and oxygen atoms in total. The van der Waals surface area contributed by atoms with E-state index in [2.05, 4.69) is 31.2 Å². The lowest BCUT2D eigenvalue weighted by atomic mass is 10.1. The SMILES string of the molecule is CCOc1cc(C(=O)N2CCc3nc(-c4ccc(C)cc4)sc3C2)cc(OCC)c1OCC. The van der Waals surface area contributed by atoms with E-state index >= 15 is 0 Å². The van der Waals surface area contributed by atoms with Crippen LogP contribution in [0.15, 0.2) is 36.4 Å². The molecule has 7 heteroatoms. The van der Waals surface area contributed by atoms with Crippen molar-refractivity contribution in [2.45, 2.75) is 40.7 Å². The van der Waals surface area contributed by atoms with Gasteiger partial charge in [0.15, 0.2) is 11.5 Å². The van der Waals surface area contributed by atoms with E-state index < -0.39 is 0 Å². The number of hydrogen-bond acceptors (Lipinski definition) is 6. The number of ether oxygens (including phenoxy) is 3. The fraction of sp³-hybridized carbons (Fsp3) is 0.385. The minimum atomic E-state index is -0.0455. The number of hydrogen-bond donors (Lipinski definition) is 0. The molecule has 0 bridgehead atoms. The summed E-state index contributed by atoms with van der Waals surface area (Å²) in [4.78, 5) is 21.3. The Morgan fingerprint density at radius 3 is 2.24 bits per heavy atom. The highest BCUT2D eigenvalue weighted by molar-refractivity contribution is 7.15. The largest absolute Gasteiger partial charge is 0.490 e. The van der Waals surface area contributed by atoms with Crippen molar-refractivity contribution in [3.63, 3.8) is 0 Å². The number of carbonyl (C=O) groups is 1. The minimum Gasteiger partial charge on any atom is -0.490 e. The fourth-order valence-corrected chi connectivity index (χ4v) is 5.01. The molecule has 33 heavy (non-hydrogen) atoms. The molecule has 0 unspecified atom stereocenters. The van der Waals surface area contributed by atoms with E-state index in [0.29, 0.717) is 55.7 Å². The predicted molar refractivity (Wildman–Crippen MR) is 131 cm³/mol. The smallest absolute Gasteiger partial charge is 0.254 e. The second kappa shape index (κ2) is 10.3. The number of fused-ring (bicyclic) bond motifs is 1. The van der Waals surface area contributed by atoms with Crippen LogP contribution in [0, 0.1) is 6.92 Å². The zero-order chi connectivity index (χ0) is 23.4. The fourth-order valence-electron chi connectivity index (χ4n) is 3.88. The number of benzene rings is 2. The van der Waals surface area contributed by atoms with Crippen molar-refractivity contribution in [3.8, 4) is 27.8 Å². The second-order valence-corrected chi connectivity index (χ2v) is 8.92. The number of amides is 1. The molecule has 3 aromatic rings. The summed E-state index contributed by atoms with van der Waals surface area (Å²) in [6.07, 6.45) is 0.747. The van der Waals surface area contributed by atoms with Crippen LogP contribution in [0.4, 0.5) is 0 Å². The maximum Gasteiger partial charge on any atom is 0.254 e. The van der Waals surface area contributed by atoms with Gasteiger partial charge in [-0.25, -0.2) is 4.98 Å². The Hall–Kier alpha value is -3.06. The molecule has 1 amide bonds. The van der Waals surface area contributed by atoms with Gasteiger partial charge in [0.1, 0.15) is 5.01 Å². The van der Waals surface area contributed by atoms with E-state index in [1.54, 1.807) is 23.5 Å². The van der Waals surface area contributed by atoms with Gasteiger partial charge in [-0.2, -0.15) is 0 Å². The first-order valence-corrected chi connectivity index (χ1v) is 12.3. The molecule has 0 aliphatic carbocycles. The van der Waals surface area contributed by atoms with Crippen molar-refractivity contribution >= 4 is 17.2 Å². The summed E-state index contributed by atoms with van der Waals surface area (Å²) in [5.74, 6) is 1.57. The highest BCUT2D eigenvalue weighted by Gasteiger charge is 2.27. The first-order valence-electron chi connectivity index (χ1n) is 11.4. The molecular formula is C26H30N2O4S. The monoisotopic (exact) mass is 466 g/mol. The first kappa shape index (κ1) is 23.1. The van der Waals surface area contributed by atoms with E-state index in [9.17, 15) is 4.79 Å². The van der Waals surface area contributed by atoms with Gasteiger partial charge < -0.3 is 19.1 Å². The Balaban J connectivity index is 1.59. The predicted octanol–water partition coefficient (Wildman–Crippen LogP) is 5.51. The third-order valence-electron chi connectivity index (χ3n) is 5.47. The van der Waals surface area contributed by atoms with Crippen LogP contribution in [0.25, 0.3) is 10.6 Å². The molecule has 0 atom stereocenters. The Labute approximate surface area is 199 Å². The number of rotatable bonds is 8. The molecule has 4 rings (SSSR count). The summed E-state index contributed by atoms with van der Waals surface area (Å²) in [6, 6.07) is 11.9. The normalized spacial score (nSPS) is 12.9. The molecule has 1 aromatic heterocycles. The van der Waals surface area contributed by atoms with Crippen molar-refractivity contribution in [3.05, 3.63) is 58.1 Å². The molecule has 0 saturated carbocycles. The summed E-state index contributed by atoms with van der Waals surface area (Å²) in [6.45, 7) is 10.4. The third-order valence-corrected chi connectivity index (χ3v) is 6.60. The van der Waals surface area contributed by atoms with Crippen LogP contribution in [-0.2, 0) is 13.0 Å². The number of nitrogens with zero attached hydrogens (tertiary/aromatic N) is 2. The lowest BCUT2D eigenvalue weighted by molar-refractivity contribution is 0.0735. The van der Waals surface area contributed by atoms with E-state index in [1.807, 2.05) is 25.7 Å².